The molecule has 216 valence electrons. The van der Waals surface area contributed by atoms with Crippen molar-refractivity contribution in [1.82, 2.24) is 10.2 Å². The molecule has 1 amide bonds. The van der Waals surface area contributed by atoms with Crippen LogP contribution in [0.2, 0.25) is 10.0 Å². The Morgan fingerprint density at radius 2 is 1.93 bits per heavy atom. The second kappa shape index (κ2) is 14.6. The summed E-state index contributed by atoms with van der Waals surface area (Å²) in [4.78, 5) is 32.3. The van der Waals surface area contributed by atoms with Gasteiger partial charge < -0.3 is 26.5 Å². The highest BCUT2D eigenvalue weighted by Crippen LogP contribution is 2.46. The number of likely N-dealkylation sites (N-methyl/N-ethyl adjacent to an activating group) is 1. The van der Waals surface area contributed by atoms with E-state index in [9.17, 15) is 9.59 Å². The van der Waals surface area contributed by atoms with Crippen LogP contribution in [0.5, 0.6) is 0 Å². The van der Waals surface area contributed by atoms with E-state index in [1.54, 1.807) is 44.5 Å². The fourth-order valence-corrected chi connectivity index (χ4v) is 5.96. The Kier molecular flexibility index (Phi) is 11.5. The van der Waals surface area contributed by atoms with Crippen LogP contribution in [0.15, 0.2) is 52.6 Å². The van der Waals surface area contributed by atoms with Gasteiger partial charge in [-0.15, -0.1) is 0 Å². The standard InChI is InChI=1S/C26H28Cl2N2O3.C3H10N4/c1-3-6-22(18-10-8-17(16-31)9-11-18)30-25(32)24(19-13-20(27)15-21(28)14-19)29-26(30)12-5-4-7-23(26)33-2;1-6-2-3(4)7-5/h8-11,13-16,22-23H,3-7,12H2,1-2H3;6H,2,5H2,1H3,(H2,4,7). The zero-order chi connectivity index (χ0) is 29.3. The van der Waals surface area contributed by atoms with Gasteiger partial charge in [-0.25, -0.2) is 4.99 Å². The van der Waals surface area contributed by atoms with Gasteiger partial charge in [-0.05, 0) is 56.5 Å². The minimum Gasteiger partial charge on any atom is -0.385 e. The average molecular weight is 590 g/mol. The number of amides is 1. The minimum atomic E-state index is -0.794. The molecule has 1 aliphatic carbocycles. The van der Waals surface area contributed by atoms with E-state index in [-0.39, 0.29) is 18.1 Å². The number of hydrazone groups is 1. The second-order valence-electron chi connectivity index (χ2n) is 9.88. The van der Waals surface area contributed by atoms with Crippen LogP contribution in [0.4, 0.5) is 0 Å². The van der Waals surface area contributed by atoms with Crippen molar-refractivity contribution in [3.63, 3.8) is 0 Å². The normalized spacial score (nSPS) is 21.6. The number of methoxy groups -OCH3 is 1. The molecule has 0 radical (unpaired) electrons. The largest absolute Gasteiger partial charge is 0.385 e. The molecule has 2 aliphatic rings. The predicted octanol–water partition coefficient (Wildman–Crippen LogP) is 4.70. The highest BCUT2D eigenvalue weighted by atomic mass is 35.5. The van der Waals surface area contributed by atoms with E-state index >= 15 is 0 Å². The molecule has 1 heterocycles. The van der Waals surface area contributed by atoms with Crippen molar-refractivity contribution in [3.05, 3.63) is 69.2 Å². The molecule has 3 unspecified atom stereocenters. The topological polar surface area (TPSA) is 135 Å². The summed E-state index contributed by atoms with van der Waals surface area (Å²) in [6.07, 6.45) is 5.81. The van der Waals surface area contributed by atoms with Crippen molar-refractivity contribution in [1.29, 1.82) is 0 Å². The Labute approximate surface area is 245 Å². The lowest BCUT2D eigenvalue weighted by molar-refractivity contribution is -0.143. The third-order valence-corrected chi connectivity index (χ3v) is 7.63. The summed E-state index contributed by atoms with van der Waals surface area (Å²) in [6, 6.07) is 12.4. The van der Waals surface area contributed by atoms with Crippen molar-refractivity contribution < 1.29 is 14.3 Å². The zero-order valence-corrected chi connectivity index (χ0v) is 24.7. The van der Waals surface area contributed by atoms with E-state index in [1.165, 1.54) is 0 Å². The summed E-state index contributed by atoms with van der Waals surface area (Å²) in [7, 11) is 3.47. The molecule has 0 aromatic heterocycles. The number of amidine groups is 1. The molecule has 4 rings (SSSR count). The van der Waals surface area contributed by atoms with Crippen molar-refractivity contribution in [2.24, 2.45) is 21.7 Å². The number of rotatable bonds is 9. The predicted molar refractivity (Wildman–Crippen MR) is 161 cm³/mol. The maximum Gasteiger partial charge on any atom is 0.275 e. The lowest BCUT2D eigenvalue weighted by atomic mass is 9.83. The number of nitrogens with zero attached hydrogens (tertiary/aromatic N) is 3. The number of nitrogens with one attached hydrogen (secondary N) is 1. The Morgan fingerprint density at radius 3 is 2.45 bits per heavy atom. The van der Waals surface area contributed by atoms with Crippen LogP contribution >= 0.6 is 23.2 Å². The number of halogens is 2. The number of hydrogen-bond donors (Lipinski definition) is 3. The van der Waals surface area contributed by atoms with Gasteiger partial charge in [0.1, 0.15) is 23.9 Å². The van der Waals surface area contributed by atoms with Gasteiger partial charge in [0.2, 0.25) is 0 Å². The molecule has 1 aliphatic heterocycles. The Hall–Kier alpha value is -2.98. The molecular weight excluding hydrogens is 551 g/mol. The maximum atomic E-state index is 14.1. The maximum absolute atomic E-state index is 14.1. The van der Waals surface area contributed by atoms with Crippen LogP contribution in [0.25, 0.3) is 0 Å². The molecule has 0 saturated heterocycles. The van der Waals surface area contributed by atoms with E-state index in [4.69, 9.17) is 44.5 Å². The highest BCUT2D eigenvalue weighted by molar-refractivity contribution is 6.48. The number of hydrogen-bond acceptors (Lipinski definition) is 7. The van der Waals surface area contributed by atoms with E-state index < -0.39 is 5.66 Å². The van der Waals surface area contributed by atoms with Gasteiger partial charge in [-0.1, -0.05) is 67.2 Å². The summed E-state index contributed by atoms with van der Waals surface area (Å²) in [6.45, 7) is 2.66. The first kappa shape index (κ1) is 31.5. The number of benzene rings is 2. The molecular formula is C29H38Cl2N6O3. The number of aldehydes is 1. The van der Waals surface area contributed by atoms with Gasteiger partial charge in [0.15, 0.2) is 5.66 Å². The molecule has 1 spiro atoms. The van der Waals surface area contributed by atoms with E-state index in [0.717, 1.165) is 50.4 Å². The Morgan fingerprint density at radius 1 is 1.25 bits per heavy atom. The van der Waals surface area contributed by atoms with Crippen LogP contribution < -0.4 is 16.9 Å². The van der Waals surface area contributed by atoms with Crippen LogP contribution in [0, 0.1) is 0 Å². The molecule has 2 aromatic rings. The third-order valence-electron chi connectivity index (χ3n) is 7.20. The summed E-state index contributed by atoms with van der Waals surface area (Å²) in [5.41, 5.74) is 6.93. The van der Waals surface area contributed by atoms with Crippen molar-refractivity contribution in [3.8, 4) is 0 Å². The molecule has 40 heavy (non-hydrogen) atoms. The molecule has 3 atom stereocenters. The first-order valence-corrected chi connectivity index (χ1v) is 14.1. The Bertz CT molecular complexity index is 1220. The van der Waals surface area contributed by atoms with Crippen molar-refractivity contribution in [2.45, 2.75) is 63.3 Å². The molecule has 1 saturated carbocycles. The number of aliphatic imine (C=N–C) groups is 1. The first-order valence-electron chi connectivity index (χ1n) is 13.4. The number of ether oxygens (including phenoxy) is 1. The Balaban J connectivity index is 0.000000559. The smallest absolute Gasteiger partial charge is 0.275 e. The van der Waals surface area contributed by atoms with Crippen LogP contribution in [0.1, 0.15) is 73.0 Å². The molecule has 9 nitrogen and oxygen atoms in total. The number of carbonyl (C=O) groups is 2. The number of nitrogens with two attached hydrogens (primary N) is 2. The molecule has 0 bridgehead atoms. The van der Waals surface area contributed by atoms with E-state index in [1.807, 2.05) is 17.0 Å². The van der Waals surface area contributed by atoms with Gasteiger partial charge in [0.05, 0.1) is 12.6 Å². The summed E-state index contributed by atoms with van der Waals surface area (Å²) < 4.78 is 5.94. The summed E-state index contributed by atoms with van der Waals surface area (Å²) in [5, 5.41) is 6.91. The van der Waals surface area contributed by atoms with Gasteiger partial charge in [0.25, 0.3) is 5.91 Å². The lowest BCUT2D eigenvalue weighted by Crippen LogP contribution is -2.57. The lowest BCUT2D eigenvalue weighted by Gasteiger charge is -2.47. The molecule has 11 heteroatoms. The summed E-state index contributed by atoms with van der Waals surface area (Å²) in [5.74, 6) is 5.06. The monoisotopic (exact) mass is 588 g/mol. The molecule has 5 N–H and O–H groups in total. The highest BCUT2D eigenvalue weighted by Gasteiger charge is 2.55. The molecule has 2 aromatic carbocycles. The van der Waals surface area contributed by atoms with Crippen LogP contribution in [-0.4, -0.2) is 61.1 Å². The van der Waals surface area contributed by atoms with Gasteiger partial charge >= 0.3 is 0 Å². The van der Waals surface area contributed by atoms with E-state index in [0.29, 0.717) is 39.3 Å². The average Bonchev–Trinajstić information content (AvgIpc) is 3.23. The van der Waals surface area contributed by atoms with Crippen molar-refractivity contribution in [2.75, 3.05) is 20.7 Å². The fraction of sp³-hybridized carbons (Fsp3) is 0.448. The first-order chi connectivity index (χ1) is 19.2. The number of carbonyl (C=O) groups excluding carboxylic acids is 2. The second-order valence-corrected chi connectivity index (χ2v) is 10.8. The molecule has 1 fully saturated rings. The summed E-state index contributed by atoms with van der Waals surface area (Å²) >= 11 is 12.5. The van der Waals surface area contributed by atoms with E-state index in [2.05, 4.69) is 17.3 Å². The zero-order valence-electron chi connectivity index (χ0n) is 23.2. The van der Waals surface area contributed by atoms with Crippen LogP contribution in [0.3, 0.4) is 0 Å². The fourth-order valence-electron chi connectivity index (χ4n) is 5.43. The SMILES string of the molecule is CCCC(c1ccc(C=O)cc1)N1C(=O)C(c2cc(Cl)cc(Cl)c2)=NC12CCCCC2OC.CNC/C(N)=N/N. The third kappa shape index (κ3) is 7.01. The van der Waals surface area contributed by atoms with Gasteiger partial charge in [-0.2, -0.15) is 5.10 Å². The van der Waals surface area contributed by atoms with Crippen LogP contribution in [-0.2, 0) is 9.53 Å². The van der Waals surface area contributed by atoms with Crippen molar-refractivity contribution >= 4 is 46.9 Å². The van der Waals surface area contributed by atoms with Gasteiger partial charge in [-0.3, -0.25) is 9.59 Å². The quantitative estimate of drug-likeness (QED) is 0.128. The minimum absolute atomic E-state index is 0.143. The van der Waals surface area contributed by atoms with Gasteiger partial charge in [0, 0.05) is 28.3 Å².